The molecule has 17 heavy (non-hydrogen) atoms. The second kappa shape index (κ2) is 8.16. The monoisotopic (exact) mass is 236 g/mol. The van der Waals surface area contributed by atoms with Gasteiger partial charge in [0, 0.05) is 0 Å². The van der Waals surface area contributed by atoms with Crippen LogP contribution in [0.5, 0.6) is 0 Å². The topological polar surface area (TPSA) is 0 Å². The van der Waals surface area contributed by atoms with E-state index >= 15 is 0 Å². The molecule has 0 nitrogen and oxygen atoms in total. The normalized spacial score (nSPS) is 27.5. The summed E-state index contributed by atoms with van der Waals surface area (Å²) in [6.07, 6.45) is 22.9. The van der Waals surface area contributed by atoms with Crippen LogP contribution in [0.1, 0.15) is 96.3 Å². The first-order valence-corrected chi connectivity index (χ1v) is 8.47. The van der Waals surface area contributed by atoms with Crippen molar-refractivity contribution in [3.8, 4) is 0 Å². The van der Waals surface area contributed by atoms with Crippen molar-refractivity contribution in [3.05, 3.63) is 0 Å². The van der Waals surface area contributed by atoms with Gasteiger partial charge in [0.2, 0.25) is 0 Å². The molecule has 0 unspecified atom stereocenters. The molecule has 0 bridgehead atoms. The quantitative estimate of drug-likeness (QED) is 0.516. The van der Waals surface area contributed by atoms with Crippen LogP contribution in [0.25, 0.3) is 0 Å². The van der Waals surface area contributed by atoms with E-state index in [2.05, 4.69) is 0 Å². The van der Waals surface area contributed by atoms with Gasteiger partial charge in [0.15, 0.2) is 0 Å². The summed E-state index contributed by atoms with van der Waals surface area (Å²) in [7, 11) is 0. The summed E-state index contributed by atoms with van der Waals surface area (Å²) < 4.78 is 0. The summed E-state index contributed by atoms with van der Waals surface area (Å²) in [4.78, 5) is 0. The average molecular weight is 236 g/mol. The van der Waals surface area contributed by atoms with Gasteiger partial charge in [-0.05, 0) is 11.8 Å². The lowest BCUT2D eigenvalue weighted by Gasteiger charge is -2.30. The highest BCUT2D eigenvalue weighted by Crippen LogP contribution is 2.36. The van der Waals surface area contributed by atoms with Gasteiger partial charge in [0.25, 0.3) is 0 Å². The molecule has 100 valence electrons. The predicted molar refractivity (Wildman–Crippen MR) is 76.2 cm³/mol. The number of hydrogen-bond donors (Lipinski definition) is 0. The maximum absolute atomic E-state index is 1.56. The van der Waals surface area contributed by atoms with Crippen LogP contribution >= 0.6 is 0 Å². The zero-order valence-corrected chi connectivity index (χ0v) is 11.8. The van der Waals surface area contributed by atoms with Crippen LogP contribution in [0, 0.1) is 11.8 Å². The van der Waals surface area contributed by atoms with Crippen LogP contribution in [0.3, 0.4) is 0 Å². The molecule has 2 fully saturated rings. The second-order valence-corrected chi connectivity index (χ2v) is 6.56. The molecule has 0 aromatic heterocycles. The van der Waals surface area contributed by atoms with E-state index in [1.807, 2.05) is 0 Å². The molecule has 0 aliphatic heterocycles. The van der Waals surface area contributed by atoms with Crippen LogP contribution in [0.2, 0.25) is 0 Å². The van der Waals surface area contributed by atoms with Gasteiger partial charge in [0.05, 0.1) is 0 Å². The Bertz CT molecular complexity index is 166. The molecular weight excluding hydrogens is 204 g/mol. The van der Waals surface area contributed by atoms with E-state index in [0.717, 1.165) is 11.8 Å². The standard InChI is InChI=1S/C17H32/c1-2-4-6-9-13-16(12-8-5-3-1)17-14-10-7-11-15-17/h16-17H,1-15H2. The van der Waals surface area contributed by atoms with Crippen molar-refractivity contribution in [2.45, 2.75) is 96.3 Å². The summed E-state index contributed by atoms with van der Waals surface area (Å²) in [6.45, 7) is 0. The third kappa shape index (κ3) is 5.02. The molecule has 0 radical (unpaired) electrons. The lowest BCUT2D eigenvalue weighted by molar-refractivity contribution is 0.216. The van der Waals surface area contributed by atoms with Crippen LogP contribution in [0.15, 0.2) is 0 Å². The number of hydrogen-bond acceptors (Lipinski definition) is 0. The van der Waals surface area contributed by atoms with E-state index in [4.69, 9.17) is 0 Å². The van der Waals surface area contributed by atoms with Crippen molar-refractivity contribution < 1.29 is 0 Å². The van der Waals surface area contributed by atoms with E-state index < -0.39 is 0 Å². The molecule has 0 amide bonds. The highest BCUT2D eigenvalue weighted by molar-refractivity contribution is 4.74. The first kappa shape index (κ1) is 13.4. The summed E-state index contributed by atoms with van der Waals surface area (Å²) in [6, 6.07) is 0. The molecule has 0 saturated heterocycles. The molecule has 2 rings (SSSR count). The first-order chi connectivity index (χ1) is 8.47. The van der Waals surface area contributed by atoms with E-state index in [9.17, 15) is 0 Å². The molecule has 0 atom stereocenters. The van der Waals surface area contributed by atoms with E-state index in [0.29, 0.717) is 0 Å². The molecule has 2 aliphatic carbocycles. The lowest BCUT2D eigenvalue weighted by Crippen LogP contribution is -2.18. The number of rotatable bonds is 1. The van der Waals surface area contributed by atoms with Crippen molar-refractivity contribution in [3.63, 3.8) is 0 Å². The van der Waals surface area contributed by atoms with Gasteiger partial charge in [-0.2, -0.15) is 0 Å². The van der Waals surface area contributed by atoms with Crippen molar-refractivity contribution >= 4 is 0 Å². The summed E-state index contributed by atoms with van der Waals surface area (Å²) in [5.74, 6) is 2.22. The van der Waals surface area contributed by atoms with Gasteiger partial charge in [-0.3, -0.25) is 0 Å². The minimum Gasteiger partial charge on any atom is -0.0533 e. The predicted octanol–water partition coefficient (Wildman–Crippen LogP) is 6.10. The van der Waals surface area contributed by atoms with Crippen molar-refractivity contribution in [1.29, 1.82) is 0 Å². The molecule has 0 N–H and O–H groups in total. The van der Waals surface area contributed by atoms with Crippen molar-refractivity contribution in [1.82, 2.24) is 0 Å². The molecule has 0 aromatic carbocycles. The minimum atomic E-state index is 1.10. The van der Waals surface area contributed by atoms with Crippen LogP contribution < -0.4 is 0 Å². The Labute approximate surface area is 109 Å². The Morgan fingerprint density at radius 3 is 0.882 bits per heavy atom. The average Bonchev–Trinajstić information content (AvgIpc) is 2.45. The first-order valence-electron chi connectivity index (χ1n) is 8.47. The van der Waals surface area contributed by atoms with E-state index in [-0.39, 0.29) is 0 Å². The van der Waals surface area contributed by atoms with Crippen molar-refractivity contribution in [2.24, 2.45) is 11.8 Å². The second-order valence-electron chi connectivity index (χ2n) is 6.56. The van der Waals surface area contributed by atoms with E-state index in [1.54, 1.807) is 25.7 Å². The molecule has 0 aromatic rings. The fourth-order valence-corrected chi connectivity index (χ4v) is 4.10. The zero-order valence-electron chi connectivity index (χ0n) is 11.8. The maximum Gasteiger partial charge on any atom is -0.0386 e. The molecule has 2 aliphatic rings. The van der Waals surface area contributed by atoms with Crippen molar-refractivity contribution in [2.75, 3.05) is 0 Å². The maximum atomic E-state index is 1.56. The van der Waals surface area contributed by atoms with Crippen LogP contribution in [0.4, 0.5) is 0 Å². The molecule has 0 heterocycles. The summed E-state index contributed by atoms with van der Waals surface area (Å²) in [5, 5.41) is 0. The highest BCUT2D eigenvalue weighted by Gasteiger charge is 2.22. The Kier molecular flexibility index (Phi) is 6.45. The minimum absolute atomic E-state index is 1.10. The fourth-order valence-electron chi connectivity index (χ4n) is 4.10. The van der Waals surface area contributed by atoms with Gasteiger partial charge in [-0.1, -0.05) is 96.3 Å². The summed E-state index contributed by atoms with van der Waals surface area (Å²) >= 11 is 0. The molecular formula is C17H32. The van der Waals surface area contributed by atoms with Crippen LogP contribution in [-0.4, -0.2) is 0 Å². The van der Waals surface area contributed by atoms with Gasteiger partial charge >= 0.3 is 0 Å². The molecule has 0 heteroatoms. The third-order valence-corrected chi connectivity index (χ3v) is 5.22. The smallest absolute Gasteiger partial charge is 0.0386 e. The van der Waals surface area contributed by atoms with Gasteiger partial charge in [-0.15, -0.1) is 0 Å². The highest BCUT2D eigenvalue weighted by atomic mass is 14.3. The lowest BCUT2D eigenvalue weighted by atomic mass is 9.76. The van der Waals surface area contributed by atoms with Gasteiger partial charge < -0.3 is 0 Å². The SMILES string of the molecule is C1CCCCCC(C2CCCCC2)CCCC1. The van der Waals surface area contributed by atoms with Gasteiger partial charge in [0.1, 0.15) is 0 Å². The Hall–Kier alpha value is 0. The fraction of sp³-hybridized carbons (Fsp3) is 1.00. The van der Waals surface area contributed by atoms with E-state index in [1.165, 1.54) is 70.6 Å². The van der Waals surface area contributed by atoms with Gasteiger partial charge in [-0.25, -0.2) is 0 Å². The third-order valence-electron chi connectivity index (χ3n) is 5.22. The zero-order chi connectivity index (χ0) is 11.8. The Morgan fingerprint density at radius 2 is 0.529 bits per heavy atom. The summed E-state index contributed by atoms with van der Waals surface area (Å²) in [5.41, 5.74) is 0. The Morgan fingerprint density at radius 1 is 0.294 bits per heavy atom. The van der Waals surface area contributed by atoms with Crippen LogP contribution in [-0.2, 0) is 0 Å². The molecule has 2 saturated carbocycles. The largest absolute Gasteiger partial charge is 0.0533 e. The Balaban J connectivity index is 1.78. The molecule has 0 spiro atoms.